The Bertz CT molecular complexity index is 130. The molecule has 0 unspecified atom stereocenters. The second kappa shape index (κ2) is 2.23. The van der Waals surface area contributed by atoms with E-state index in [9.17, 15) is 0 Å². The van der Waals surface area contributed by atoms with E-state index in [1.165, 1.54) is 0 Å². The zero-order valence-corrected chi connectivity index (χ0v) is 4.23. The third kappa shape index (κ3) is 1.16. The smallest absolute Gasteiger partial charge is 0.0514 e. The van der Waals surface area contributed by atoms with E-state index >= 15 is 0 Å². The van der Waals surface area contributed by atoms with E-state index in [4.69, 9.17) is 5.84 Å². The van der Waals surface area contributed by atoms with Gasteiger partial charge in [-0.25, -0.2) is 5.84 Å². The number of allylic oxidation sites excluding steroid dienone is 2. The molecule has 1 aliphatic heterocycles. The molecule has 0 aromatic carbocycles. The molecule has 0 aromatic heterocycles. The van der Waals surface area contributed by atoms with Crippen molar-refractivity contribution in [3.05, 3.63) is 24.6 Å². The van der Waals surface area contributed by atoms with Gasteiger partial charge in [0.25, 0.3) is 0 Å². The summed E-state index contributed by atoms with van der Waals surface area (Å²) in [5.74, 6) is 5.18. The number of hydrogen-bond donors (Lipinski definition) is 1. The normalized spacial score (nSPS) is 16.9. The van der Waals surface area contributed by atoms with Crippen molar-refractivity contribution in [1.29, 1.82) is 0 Å². The van der Waals surface area contributed by atoms with E-state index in [0.717, 1.165) is 5.12 Å². The molecule has 4 nitrogen and oxygen atoms in total. The molecular formula is C4H6N4. The molecule has 0 fully saturated rings. The van der Waals surface area contributed by atoms with Crippen molar-refractivity contribution >= 4 is 0 Å². The van der Waals surface area contributed by atoms with Crippen LogP contribution in [-0.2, 0) is 0 Å². The van der Waals surface area contributed by atoms with Crippen molar-refractivity contribution in [3.63, 3.8) is 0 Å². The van der Waals surface area contributed by atoms with Crippen LogP contribution in [0.25, 0.3) is 0 Å². The van der Waals surface area contributed by atoms with Gasteiger partial charge in [0, 0.05) is 6.20 Å². The van der Waals surface area contributed by atoms with Crippen molar-refractivity contribution in [1.82, 2.24) is 5.12 Å². The number of rotatable bonds is 0. The van der Waals surface area contributed by atoms with Crippen molar-refractivity contribution in [3.8, 4) is 0 Å². The van der Waals surface area contributed by atoms with Gasteiger partial charge in [-0.1, -0.05) is 5.22 Å². The number of nitrogens with two attached hydrogens (primary N) is 1. The quantitative estimate of drug-likeness (QED) is 0.463. The van der Waals surface area contributed by atoms with Crippen LogP contribution in [0.2, 0.25) is 0 Å². The van der Waals surface area contributed by atoms with Crippen LogP contribution in [0.3, 0.4) is 0 Å². The Morgan fingerprint density at radius 2 is 2.25 bits per heavy atom. The molecule has 1 heterocycles. The third-order valence-corrected chi connectivity index (χ3v) is 0.658. The van der Waals surface area contributed by atoms with E-state index in [2.05, 4.69) is 10.3 Å². The Hall–Kier alpha value is -1.16. The molecule has 0 aromatic rings. The molecule has 4 heteroatoms. The lowest BCUT2D eigenvalue weighted by Gasteiger charge is -1.98. The van der Waals surface area contributed by atoms with Gasteiger partial charge in [0.2, 0.25) is 0 Å². The van der Waals surface area contributed by atoms with Crippen LogP contribution in [-0.4, -0.2) is 5.12 Å². The zero-order chi connectivity index (χ0) is 5.82. The summed E-state index contributed by atoms with van der Waals surface area (Å²) in [4.78, 5) is 0. The van der Waals surface area contributed by atoms with Crippen molar-refractivity contribution < 1.29 is 0 Å². The standard InChI is InChI=1S/C4H6N4/c5-8-4-2-1-3-6-7-8/h1-4H,5H2. The summed E-state index contributed by atoms with van der Waals surface area (Å²) < 4.78 is 0. The minimum absolute atomic E-state index is 1.14. The van der Waals surface area contributed by atoms with E-state index < -0.39 is 0 Å². The maximum atomic E-state index is 5.18. The molecule has 0 bridgehead atoms. The number of hydrogen-bond acceptors (Lipinski definition) is 4. The predicted molar refractivity (Wildman–Crippen MR) is 29.2 cm³/mol. The Morgan fingerprint density at radius 3 is 3.12 bits per heavy atom. The van der Waals surface area contributed by atoms with E-state index in [1.807, 2.05) is 0 Å². The highest BCUT2D eigenvalue weighted by Gasteiger charge is 1.82. The SMILES string of the molecule is NN1C=CC=CN=N1. The van der Waals surface area contributed by atoms with Gasteiger partial charge in [0.15, 0.2) is 0 Å². The summed E-state index contributed by atoms with van der Waals surface area (Å²) in [7, 11) is 0. The molecule has 2 N–H and O–H groups in total. The lowest BCUT2D eigenvalue weighted by Crippen LogP contribution is -2.16. The summed E-state index contributed by atoms with van der Waals surface area (Å²) in [6.45, 7) is 0. The molecule has 0 amide bonds. The molecule has 0 saturated carbocycles. The minimum atomic E-state index is 1.14. The molecule has 8 heavy (non-hydrogen) atoms. The summed E-state index contributed by atoms with van der Waals surface area (Å²) in [6.07, 6.45) is 6.66. The van der Waals surface area contributed by atoms with Gasteiger partial charge in [-0.3, -0.25) is 0 Å². The largest absolute Gasteiger partial charge is 0.226 e. The summed E-state index contributed by atoms with van der Waals surface area (Å²) in [5, 5.41) is 8.16. The topological polar surface area (TPSA) is 54.0 Å². The molecule has 0 saturated heterocycles. The Kier molecular flexibility index (Phi) is 1.39. The average Bonchev–Trinajstić information content (AvgIpc) is 1.94. The van der Waals surface area contributed by atoms with Crippen LogP contribution in [0.1, 0.15) is 0 Å². The van der Waals surface area contributed by atoms with E-state index in [-0.39, 0.29) is 0 Å². The maximum Gasteiger partial charge on any atom is 0.0514 e. The van der Waals surface area contributed by atoms with Gasteiger partial charge < -0.3 is 0 Å². The lowest BCUT2D eigenvalue weighted by atomic mass is 10.6. The molecule has 0 atom stereocenters. The molecule has 0 aliphatic carbocycles. The first-order chi connectivity index (χ1) is 3.89. The van der Waals surface area contributed by atoms with E-state index in [1.54, 1.807) is 24.6 Å². The molecular weight excluding hydrogens is 104 g/mol. The van der Waals surface area contributed by atoms with Gasteiger partial charge in [-0.05, 0) is 12.2 Å². The van der Waals surface area contributed by atoms with Crippen molar-refractivity contribution in [2.75, 3.05) is 0 Å². The second-order valence-corrected chi connectivity index (χ2v) is 1.27. The van der Waals surface area contributed by atoms with Crippen molar-refractivity contribution in [2.45, 2.75) is 0 Å². The van der Waals surface area contributed by atoms with E-state index in [0.29, 0.717) is 0 Å². The van der Waals surface area contributed by atoms with Gasteiger partial charge in [0.1, 0.15) is 0 Å². The first-order valence-corrected chi connectivity index (χ1v) is 2.17. The highest BCUT2D eigenvalue weighted by Crippen LogP contribution is 1.90. The molecule has 0 spiro atoms. The van der Waals surface area contributed by atoms with Crippen LogP contribution < -0.4 is 5.84 Å². The van der Waals surface area contributed by atoms with Gasteiger partial charge in [-0.2, -0.15) is 5.12 Å². The van der Waals surface area contributed by atoms with Crippen molar-refractivity contribution in [2.24, 2.45) is 16.2 Å². The first-order valence-electron chi connectivity index (χ1n) is 2.17. The fourth-order valence-electron chi connectivity index (χ4n) is 0.345. The fourth-order valence-corrected chi connectivity index (χ4v) is 0.345. The predicted octanol–water partition coefficient (Wildman–Crippen LogP) is 0.570. The monoisotopic (exact) mass is 110 g/mol. The minimum Gasteiger partial charge on any atom is -0.226 e. The van der Waals surface area contributed by atoms with Gasteiger partial charge in [-0.15, -0.1) is 5.11 Å². The highest BCUT2D eigenvalue weighted by molar-refractivity contribution is 5.01. The van der Waals surface area contributed by atoms with Crippen LogP contribution in [0.5, 0.6) is 0 Å². The summed E-state index contributed by atoms with van der Waals surface area (Å²) >= 11 is 0. The summed E-state index contributed by atoms with van der Waals surface area (Å²) in [5.41, 5.74) is 0. The lowest BCUT2D eigenvalue weighted by molar-refractivity contribution is 0.393. The zero-order valence-electron chi connectivity index (χ0n) is 4.23. The third-order valence-electron chi connectivity index (χ3n) is 0.658. The Labute approximate surface area is 46.9 Å². The summed E-state index contributed by atoms with van der Waals surface area (Å²) in [6, 6.07) is 0. The van der Waals surface area contributed by atoms with Gasteiger partial charge >= 0.3 is 0 Å². The molecule has 42 valence electrons. The molecule has 0 radical (unpaired) electrons. The number of nitrogens with zero attached hydrogens (tertiary/aromatic N) is 3. The van der Waals surface area contributed by atoms with Crippen LogP contribution in [0.4, 0.5) is 0 Å². The second-order valence-electron chi connectivity index (χ2n) is 1.27. The maximum absolute atomic E-state index is 5.18. The fraction of sp³-hybridized carbons (Fsp3) is 0. The van der Waals surface area contributed by atoms with Crippen LogP contribution in [0, 0.1) is 0 Å². The van der Waals surface area contributed by atoms with Crippen LogP contribution >= 0.6 is 0 Å². The molecule has 1 rings (SSSR count). The Morgan fingerprint density at radius 1 is 1.38 bits per heavy atom. The number of hydrazine groups is 1. The average molecular weight is 110 g/mol. The van der Waals surface area contributed by atoms with Gasteiger partial charge in [0.05, 0.1) is 6.20 Å². The van der Waals surface area contributed by atoms with Crippen LogP contribution in [0.15, 0.2) is 34.9 Å². The molecule has 1 aliphatic rings. The Balaban J connectivity index is 2.66. The highest BCUT2D eigenvalue weighted by atomic mass is 15.7. The first kappa shape index (κ1) is 4.99.